The summed E-state index contributed by atoms with van der Waals surface area (Å²) in [6.07, 6.45) is 3.29. The maximum absolute atomic E-state index is 12.7. The molecule has 3 N–H and O–H groups in total. The topological polar surface area (TPSA) is 88.0 Å². The molecule has 2 amide bonds. The molecule has 3 rings (SSSR count). The Morgan fingerprint density at radius 1 is 1.19 bits per heavy atom. The van der Waals surface area contributed by atoms with Gasteiger partial charge in [-0.05, 0) is 43.8 Å². The number of piperidine rings is 1. The Labute approximate surface area is 159 Å². The second kappa shape index (κ2) is 9.32. The van der Waals surface area contributed by atoms with E-state index in [2.05, 4.69) is 21.0 Å². The Hall–Kier alpha value is -2.67. The van der Waals surface area contributed by atoms with E-state index in [0.717, 1.165) is 37.9 Å². The van der Waals surface area contributed by atoms with Gasteiger partial charge in [-0.25, -0.2) is 0 Å². The first kappa shape index (κ1) is 19.1. The Bertz CT molecular complexity index is 766. The van der Waals surface area contributed by atoms with Crippen LogP contribution in [0.5, 0.6) is 0 Å². The fraction of sp³-hybridized carbons (Fsp3) is 0.450. The van der Waals surface area contributed by atoms with Crippen molar-refractivity contribution in [2.24, 2.45) is 5.92 Å². The van der Waals surface area contributed by atoms with E-state index in [1.165, 1.54) is 0 Å². The van der Waals surface area contributed by atoms with Crippen molar-refractivity contribution < 1.29 is 9.59 Å². The van der Waals surface area contributed by atoms with Crippen LogP contribution in [0.3, 0.4) is 0 Å². The molecule has 0 atom stereocenters. The molecule has 7 heteroatoms. The number of nitrogens with zero attached hydrogens (tertiary/aromatic N) is 2. The van der Waals surface area contributed by atoms with Crippen molar-refractivity contribution in [3.8, 4) is 0 Å². The standard InChI is InChI=1S/C20H27N5O2/c1-21-19(26)17-13-18(25(24-17)14-16-5-3-2-4-6-16)20(27)23-12-9-15-7-10-22-11-8-15/h2-6,13,15,22H,7-12,14H2,1H3,(H,21,26)(H,23,27). The highest BCUT2D eigenvalue weighted by molar-refractivity contribution is 5.97. The molecule has 2 heterocycles. The van der Waals surface area contributed by atoms with E-state index < -0.39 is 0 Å². The van der Waals surface area contributed by atoms with Gasteiger partial charge in [0.15, 0.2) is 5.69 Å². The largest absolute Gasteiger partial charge is 0.354 e. The second-order valence-electron chi connectivity index (χ2n) is 6.88. The molecule has 1 aromatic carbocycles. The molecule has 0 saturated carbocycles. The Kier molecular flexibility index (Phi) is 6.59. The molecule has 27 heavy (non-hydrogen) atoms. The summed E-state index contributed by atoms with van der Waals surface area (Å²) in [5.41, 5.74) is 1.67. The Morgan fingerprint density at radius 3 is 2.63 bits per heavy atom. The molecule has 144 valence electrons. The van der Waals surface area contributed by atoms with Crippen LogP contribution in [-0.2, 0) is 6.54 Å². The van der Waals surface area contributed by atoms with Gasteiger partial charge in [-0.15, -0.1) is 0 Å². The van der Waals surface area contributed by atoms with Gasteiger partial charge in [0.1, 0.15) is 5.69 Å². The zero-order valence-corrected chi connectivity index (χ0v) is 15.7. The molecule has 0 unspecified atom stereocenters. The number of benzene rings is 1. The molecule has 1 aliphatic rings. The van der Waals surface area contributed by atoms with Crippen LogP contribution in [0.15, 0.2) is 36.4 Å². The van der Waals surface area contributed by atoms with Crippen LogP contribution in [0.4, 0.5) is 0 Å². The Balaban J connectivity index is 1.68. The summed E-state index contributed by atoms with van der Waals surface area (Å²) < 4.78 is 1.60. The first-order valence-corrected chi connectivity index (χ1v) is 9.50. The molecule has 1 saturated heterocycles. The monoisotopic (exact) mass is 369 g/mol. The van der Waals surface area contributed by atoms with Gasteiger partial charge in [-0.2, -0.15) is 5.10 Å². The number of carbonyl (C=O) groups excluding carboxylic acids is 2. The lowest BCUT2D eigenvalue weighted by molar-refractivity contribution is 0.0937. The minimum atomic E-state index is -0.300. The number of hydrogen-bond acceptors (Lipinski definition) is 4. The van der Waals surface area contributed by atoms with E-state index in [0.29, 0.717) is 24.7 Å². The summed E-state index contributed by atoms with van der Waals surface area (Å²) in [7, 11) is 1.55. The molecular weight excluding hydrogens is 342 g/mol. The van der Waals surface area contributed by atoms with Crippen LogP contribution in [0.25, 0.3) is 0 Å². The van der Waals surface area contributed by atoms with Crippen molar-refractivity contribution in [3.63, 3.8) is 0 Å². The zero-order chi connectivity index (χ0) is 19.1. The maximum Gasteiger partial charge on any atom is 0.271 e. The molecule has 2 aromatic rings. The number of carbonyl (C=O) groups is 2. The third-order valence-electron chi connectivity index (χ3n) is 4.94. The van der Waals surface area contributed by atoms with Crippen molar-refractivity contribution in [1.29, 1.82) is 0 Å². The second-order valence-corrected chi connectivity index (χ2v) is 6.88. The lowest BCUT2D eigenvalue weighted by atomic mass is 9.95. The number of amides is 2. The molecule has 0 spiro atoms. The summed E-state index contributed by atoms with van der Waals surface area (Å²) in [5, 5.41) is 13.2. The number of nitrogens with one attached hydrogen (secondary N) is 3. The van der Waals surface area contributed by atoms with Crippen molar-refractivity contribution in [3.05, 3.63) is 53.3 Å². The molecule has 1 aromatic heterocycles. The molecule has 0 aliphatic carbocycles. The van der Waals surface area contributed by atoms with Crippen LogP contribution in [0.1, 0.15) is 45.8 Å². The van der Waals surface area contributed by atoms with Crippen LogP contribution in [-0.4, -0.2) is 48.3 Å². The van der Waals surface area contributed by atoms with Crippen molar-refractivity contribution >= 4 is 11.8 Å². The number of aromatic nitrogens is 2. The lowest BCUT2D eigenvalue weighted by Crippen LogP contribution is -2.32. The summed E-state index contributed by atoms with van der Waals surface area (Å²) in [6.45, 7) is 3.18. The third-order valence-corrected chi connectivity index (χ3v) is 4.94. The van der Waals surface area contributed by atoms with E-state index in [1.807, 2.05) is 30.3 Å². The van der Waals surface area contributed by atoms with Crippen LogP contribution in [0.2, 0.25) is 0 Å². The summed E-state index contributed by atoms with van der Waals surface area (Å²) in [6, 6.07) is 11.3. The van der Waals surface area contributed by atoms with Gasteiger partial charge in [0.05, 0.1) is 6.54 Å². The first-order valence-electron chi connectivity index (χ1n) is 9.50. The highest BCUT2D eigenvalue weighted by Gasteiger charge is 2.19. The van der Waals surface area contributed by atoms with Crippen molar-refractivity contribution in [2.75, 3.05) is 26.7 Å². The molecule has 1 fully saturated rings. The minimum absolute atomic E-state index is 0.192. The van der Waals surface area contributed by atoms with E-state index in [1.54, 1.807) is 17.8 Å². The fourth-order valence-electron chi connectivity index (χ4n) is 3.37. The number of hydrogen-bond donors (Lipinski definition) is 3. The average Bonchev–Trinajstić information content (AvgIpc) is 3.13. The minimum Gasteiger partial charge on any atom is -0.354 e. The molecular formula is C20H27N5O2. The molecule has 0 bridgehead atoms. The van der Waals surface area contributed by atoms with Gasteiger partial charge in [0.2, 0.25) is 0 Å². The van der Waals surface area contributed by atoms with Gasteiger partial charge in [-0.3, -0.25) is 14.3 Å². The van der Waals surface area contributed by atoms with E-state index in [-0.39, 0.29) is 17.5 Å². The summed E-state index contributed by atoms with van der Waals surface area (Å²) in [5.74, 6) is 0.162. The van der Waals surface area contributed by atoms with Crippen molar-refractivity contribution in [2.45, 2.75) is 25.8 Å². The summed E-state index contributed by atoms with van der Waals surface area (Å²) >= 11 is 0. The first-order chi connectivity index (χ1) is 13.2. The van der Waals surface area contributed by atoms with Gasteiger partial charge in [0.25, 0.3) is 11.8 Å². The Morgan fingerprint density at radius 2 is 1.93 bits per heavy atom. The van der Waals surface area contributed by atoms with Crippen LogP contribution >= 0.6 is 0 Å². The van der Waals surface area contributed by atoms with Gasteiger partial charge >= 0.3 is 0 Å². The fourth-order valence-corrected chi connectivity index (χ4v) is 3.37. The maximum atomic E-state index is 12.7. The highest BCUT2D eigenvalue weighted by atomic mass is 16.2. The van der Waals surface area contributed by atoms with Crippen molar-refractivity contribution in [1.82, 2.24) is 25.7 Å². The van der Waals surface area contributed by atoms with Gasteiger partial charge in [0, 0.05) is 19.7 Å². The summed E-state index contributed by atoms with van der Waals surface area (Å²) in [4.78, 5) is 24.7. The predicted molar refractivity (Wildman–Crippen MR) is 104 cm³/mol. The zero-order valence-electron chi connectivity index (χ0n) is 15.7. The normalized spacial score (nSPS) is 14.7. The quantitative estimate of drug-likeness (QED) is 0.689. The number of rotatable bonds is 7. The molecule has 0 radical (unpaired) electrons. The van der Waals surface area contributed by atoms with Gasteiger partial charge in [-0.1, -0.05) is 30.3 Å². The SMILES string of the molecule is CNC(=O)c1cc(C(=O)NCCC2CCNCC2)n(Cc2ccccc2)n1. The smallest absolute Gasteiger partial charge is 0.271 e. The van der Waals surface area contributed by atoms with E-state index >= 15 is 0 Å². The highest BCUT2D eigenvalue weighted by Crippen LogP contribution is 2.15. The van der Waals surface area contributed by atoms with E-state index in [9.17, 15) is 9.59 Å². The third kappa shape index (κ3) is 5.17. The van der Waals surface area contributed by atoms with Crippen LogP contribution in [0, 0.1) is 5.92 Å². The lowest BCUT2D eigenvalue weighted by Gasteiger charge is -2.22. The predicted octanol–water partition coefficient (Wildman–Crippen LogP) is 1.41. The van der Waals surface area contributed by atoms with Crippen LogP contribution < -0.4 is 16.0 Å². The molecule has 7 nitrogen and oxygen atoms in total. The van der Waals surface area contributed by atoms with E-state index in [4.69, 9.17) is 0 Å². The van der Waals surface area contributed by atoms with Gasteiger partial charge < -0.3 is 16.0 Å². The average molecular weight is 369 g/mol. The molecule has 1 aliphatic heterocycles.